The number of carbonyl (C=O) groups excluding carboxylic acids is 1. The molecule has 1 aromatic rings. The summed E-state index contributed by atoms with van der Waals surface area (Å²) in [5.74, 6) is 0. The Morgan fingerprint density at radius 1 is 1.29 bits per heavy atom. The smallest absolute Gasteiger partial charge is 0.150 e. The average molecular weight is 192 g/mol. The highest BCUT2D eigenvalue weighted by Crippen LogP contribution is 2.04. The Morgan fingerprint density at radius 3 is 2.57 bits per heavy atom. The van der Waals surface area contributed by atoms with Crippen molar-refractivity contribution < 1.29 is 9.53 Å². The molecular formula is C12H16O2. The van der Waals surface area contributed by atoms with E-state index >= 15 is 0 Å². The van der Waals surface area contributed by atoms with E-state index in [0.29, 0.717) is 12.2 Å². The van der Waals surface area contributed by atoms with Crippen LogP contribution in [0.25, 0.3) is 0 Å². The normalized spacial score (nSPS) is 10.1. The van der Waals surface area contributed by atoms with E-state index in [1.54, 1.807) is 0 Å². The molecule has 0 spiro atoms. The van der Waals surface area contributed by atoms with Gasteiger partial charge in [0.1, 0.15) is 6.29 Å². The Hall–Kier alpha value is -1.15. The van der Waals surface area contributed by atoms with Gasteiger partial charge in [0, 0.05) is 12.2 Å². The molecule has 0 N–H and O–H groups in total. The van der Waals surface area contributed by atoms with Crippen molar-refractivity contribution in [2.75, 3.05) is 6.61 Å². The minimum Gasteiger partial charge on any atom is -0.377 e. The molecule has 0 aliphatic carbocycles. The summed E-state index contributed by atoms with van der Waals surface area (Å²) in [5, 5.41) is 0. The Kier molecular flexibility index (Phi) is 4.94. The number of hydrogen-bond acceptors (Lipinski definition) is 2. The van der Waals surface area contributed by atoms with Gasteiger partial charge in [0.15, 0.2) is 0 Å². The number of unbranched alkanes of at least 4 members (excludes halogenated alkanes) is 1. The maximum atomic E-state index is 10.4. The molecule has 2 heteroatoms. The second kappa shape index (κ2) is 6.33. The SMILES string of the molecule is CCCCOCc1ccc(C=O)cc1. The third-order valence-electron chi connectivity index (χ3n) is 2.03. The molecule has 2 nitrogen and oxygen atoms in total. The quantitative estimate of drug-likeness (QED) is 0.511. The van der Waals surface area contributed by atoms with Crippen LogP contribution in [-0.4, -0.2) is 12.9 Å². The second-order valence-electron chi connectivity index (χ2n) is 3.27. The number of aldehydes is 1. The van der Waals surface area contributed by atoms with E-state index in [-0.39, 0.29) is 0 Å². The van der Waals surface area contributed by atoms with Gasteiger partial charge in [0.2, 0.25) is 0 Å². The fraction of sp³-hybridized carbons (Fsp3) is 0.417. The van der Waals surface area contributed by atoms with Gasteiger partial charge in [-0.25, -0.2) is 0 Å². The van der Waals surface area contributed by atoms with Gasteiger partial charge in [-0.2, -0.15) is 0 Å². The molecule has 76 valence electrons. The van der Waals surface area contributed by atoms with Crippen LogP contribution in [0.1, 0.15) is 35.7 Å². The molecule has 0 amide bonds. The van der Waals surface area contributed by atoms with Crippen LogP contribution in [0.4, 0.5) is 0 Å². The molecule has 0 atom stereocenters. The summed E-state index contributed by atoms with van der Waals surface area (Å²) in [4.78, 5) is 10.4. The highest BCUT2D eigenvalue weighted by molar-refractivity contribution is 5.74. The lowest BCUT2D eigenvalue weighted by Gasteiger charge is -2.03. The molecule has 0 saturated heterocycles. The summed E-state index contributed by atoms with van der Waals surface area (Å²) in [7, 11) is 0. The number of hydrogen-bond donors (Lipinski definition) is 0. The van der Waals surface area contributed by atoms with E-state index in [1.807, 2.05) is 24.3 Å². The lowest BCUT2D eigenvalue weighted by molar-refractivity contribution is 0.112. The average Bonchev–Trinajstić information content (AvgIpc) is 2.25. The summed E-state index contributed by atoms with van der Waals surface area (Å²) in [6.45, 7) is 3.59. The first-order chi connectivity index (χ1) is 6.86. The number of carbonyl (C=O) groups is 1. The number of benzene rings is 1. The van der Waals surface area contributed by atoms with Gasteiger partial charge in [-0.05, 0) is 12.0 Å². The van der Waals surface area contributed by atoms with Crippen molar-refractivity contribution in [3.8, 4) is 0 Å². The lowest BCUT2D eigenvalue weighted by Crippen LogP contribution is -1.95. The predicted octanol–water partition coefficient (Wildman–Crippen LogP) is 2.82. The van der Waals surface area contributed by atoms with Crippen LogP contribution >= 0.6 is 0 Å². The summed E-state index contributed by atoms with van der Waals surface area (Å²) in [6.07, 6.45) is 3.11. The van der Waals surface area contributed by atoms with Crippen molar-refractivity contribution in [3.05, 3.63) is 35.4 Å². The van der Waals surface area contributed by atoms with Crippen LogP contribution in [0, 0.1) is 0 Å². The molecule has 1 aromatic carbocycles. The Bertz CT molecular complexity index is 264. The van der Waals surface area contributed by atoms with Gasteiger partial charge in [-0.3, -0.25) is 4.79 Å². The summed E-state index contributed by atoms with van der Waals surface area (Å²) < 4.78 is 5.45. The maximum absolute atomic E-state index is 10.4. The van der Waals surface area contributed by atoms with Gasteiger partial charge in [0.25, 0.3) is 0 Å². The zero-order valence-corrected chi connectivity index (χ0v) is 8.53. The zero-order valence-electron chi connectivity index (χ0n) is 8.53. The van der Waals surface area contributed by atoms with Gasteiger partial charge < -0.3 is 4.74 Å². The van der Waals surface area contributed by atoms with Gasteiger partial charge in [0.05, 0.1) is 6.61 Å². The number of rotatable bonds is 6. The Morgan fingerprint density at radius 2 is 2.00 bits per heavy atom. The standard InChI is InChI=1S/C12H16O2/c1-2-3-8-14-10-12-6-4-11(9-13)5-7-12/h4-7,9H,2-3,8,10H2,1H3. The molecule has 0 unspecified atom stereocenters. The lowest BCUT2D eigenvalue weighted by atomic mass is 10.2. The van der Waals surface area contributed by atoms with Crippen LogP contribution in [0.15, 0.2) is 24.3 Å². The minimum atomic E-state index is 0.638. The van der Waals surface area contributed by atoms with E-state index < -0.39 is 0 Å². The van der Waals surface area contributed by atoms with Crippen LogP contribution in [-0.2, 0) is 11.3 Å². The van der Waals surface area contributed by atoms with Crippen molar-refractivity contribution in [1.82, 2.24) is 0 Å². The summed E-state index contributed by atoms with van der Waals surface area (Å²) in [6, 6.07) is 7.47. The second-order valence-corrected chi connectivity index (χ2v) is 3.27. The van der Waals surface area contributed by atoms with Crippen molar-refractivity contribution in [2.24, 2.45) is 0 Å². The largest absolute Gasteiger partial charge is 0.377 e. The molecule has 0 aliphatic heterocycles. The molecule has 0 bridgehead atoms. The molecule has 0 aromatic heterocycles. The van der Waals surface area contributed by atoms with Crippen LogP contribution < -0.4 is 0 Å². The first kappa shape index (κ1) is 10.9. The molecule has 0 aliphatic rings. The predicted molar refractivity (Wildman–Crippen MR) is 56.4 cm³/mol. The van der Waals surface area contributed by atoms with Gasteiger partial charge in [-0.1, -0.05) is 37.6 Å². The van der Waals surface area contributed by atoms with Crippen LogP contribution in [0.5, 0.6) is 0 Å². The number of ether oxygens (including phenoxy) is 1. The first-order valence-corrected chi connectivity index (χ1v) is 4.98. The molecule has 0 saturated carbocycles. The van der Waals surface area contributed by atoms with Crippen molar-refractivity contribution in [1.29, 1.82) is 0 Å². The van der Waals surface area contributed by atoms with Crippen LogP contribution in [0.3, 0.4) is 0 Å². The maximum Gasteiger partial charge on any atom is 0.150 e. The molecule has 0 radical (unpaired) electrons. The third kappa shape index (κ3) is 3.71. The molecule has 0 fully saturated rings. The van der Waals surface area contributed by atoms with Crippen molar-refractivity contribution in [2.45, 2.75) is 26.4 Å². The highest BCUT2D eigenvalue weighted by Gasteiger charge is 1.93. The van der Waals surface area contributed by atoms with E-state index in [9.17, 15) is 4.79 Å². The molecule has 0 heterocycles. The minimum absolute atomic E-state index is 0.638. The summed E-state index contributed by atoms with van der Waals surface area (Å²) in [5.41, 5.74) is 1.83. The first-order valence-electron chi connectivity index (χ1n) is 4.98. The molecular weight excluding hydrogens is 176 g/mol. The Labute approximate surface area is 84.9 Å². The van der Waals surface area contributed by atoms with Gasteiger partial charge >= 0.3 is 0 Å². The van der Waals surface area contributed by atoms with Gasteiger partial charge in [-0.15, -0.1) is 0 Å². The van der Waals surface area contributed by atoms with Crippen molar-refractivity contribution >= 4 is 6.29 Å². The molecule has 14 heavy (non-hydrogen) atoms. The van der Waals surface area contributed by atoms with E-state index in [1.165, 1.54) is 0 Å². The third-order valence-corrected chi connectivity index (χ3v) is 2.03. The van der Waals surface area contributed by atoms with E-state index in [2.05, 4.69) is 6.92 Å². The fourth-order valence-electron chi connectivity index (χ4n) is 1.13. The Balaban J connectivity index is 2.32. The topological polar surface area (TPSA) is 26.3 Å². The summed E-state index contributed by atoms with van der Waals surface area (Å²) >= 11 is 0. The van der Waals surface area contributed by atoms with E-state index in [4.69, 9.17) is 4.74 Å². The monoisotopic (exact) mass is 192 g/mol. The highest BCUT2D eigenvalue weighted by atomic mass is 16.5. The van der Waals surface area contributed by atoms with E-state index in [0.717, 1.165) is 31.3 Å². The van der Waals surface area contributed by atoms with Crippen LogP contribution in [0.2, 0.25) is 0 Å². The zero-order chi connectivity index (χ0) is 10.2. The fourth-order valence-corrected chi connectivity index (χ4v) is 1.13. The van der Waals surface area contributed by atoms with Crippen molar-refractivity contribution in [3.63, 3.8) is 0 Å². The molecule has 1 rings (SSSR count).